The van der Waals surface area contributed by atoms with Crippen molar-refractivity contribution in [1.82, 2.24) is 9.88 Å². The van der Waals surface area contributed by atoms with Gasteiger partial charge in [0.1, 0.15) is 13.2 Å². The first kappa shape index (κ1) is 15.7. The zero-order chi connectivity index (χ0) is 17.5. The molecule has 3 aliphatic rings. The van der Waals surface area contributed by atoms with Crippen molar-refractivity contribution in [2.45, 2.75) is 43.7 Å². The van der Waals surface area contributed by atoms with E-state index >= 15 is 0 Å². The Labute approximate surface area is 152 Å². The summed E-state index contributed by atoms with van der Waals surface area (Å²) in [5, 5.41) is 0. The normalized spacial score (nSPS) is 26.6. The van der Waals surface area contributed by atoms with Gasteiger partial charge in [0, 0.05) is 30.0 Å². The highest BCUT2D eigenvalue weighted by Gasteiger charge is 2.43. The van der Waals surface area contributed by atoms with Crippen LogP contribution < -0.4 is 9.47 Å². The van der Waals surface area contributed by atoms with E-state index in [2.05, 4.69) is 16.0 Å². The molecule has 1 aromatic carbocycles. The fourth-order valence-corrected chi connectivity index (χ4v) is 4.72. The number of hydrogen-bond donors (Lipinski definition) is 0. The molecular weight excluding hydrogens is 328 g/mol. The number of pyridine rings is 1. The second-order valence-electron chi connectivity index (χ2n) is 7.41. The van der Waals surface area contributed by atoms with Crippen molar-refractivity contribution in [2.75, 3.05) is 13.2 Å². The minimum Gasteiger partial charge on any atom is -0.486 e. The van der Waals surface area contributed by atoms with Gasteiger partial charge in [-0.15, -0.1) is 0 Å². The lowest BCUT2D eigenvalue weighted by Crippen LogP contribution is -2.46. The van der Waals surface area contributed by atoms with E-state index in [9.17, 15) is 4.79 Å². The Hall–Kier alpha value is -2.56. The molecule has 26 heavy (non-hydrogen) atoms. The summed E-state index contributed by atoms with van der Waals surface area (Å²) in [5.74, 6) is 2.04. The predicted molar refractivity (Wildman–Crippen MR) is 96.6 cm³/mol. The average molecular weight is 350 g/mol. The molecule has 5 nitrogen and oxygen atoms in total. The third-order valence-electron chi connectivity index (χ3n) is 5.91. The van der Waals surface area contributed by atoms with Gasteiger partial charge < -0.3 is 14.4 Å². The molecule has 0 aliphatic carbocycles. The van der Waals surface area contributed by atoms with E-state index in [1.54, 1.807) is 0 Å². The molecular formula is C21H22N2O3. The number of rotatable bonds is 2. The zero-order valence-electron chi connectivity index (χ0n) is 14.6. The largest absolute Gasteiger partial charge is 0.486 e. The lowest BCUT2D eigenvalue weighted by molar-refractivity contribution is 0.0570. The number of carbonyl (C=O) groups excluding carboxylic acids is 1. The molecule has 2 bridgehead atoms. The molecule has 3 aliphatic heterocycles. The molecule has 5 heteroatoms. The molecule has 2 saturated heterocycles. The maximum absolute atomic E-state index is 13.2. The SMILES string of the molecule is O=C(c1ccc2c(c1)OCCO2)N1[C@@H]2CC[C@H]1CC(c1cccnc1)C2. The Bertz CT molecular complexity index is 809. The molecule has 134 valence electrons. The van der Waals surface area contributed by atoms with Gasteiger partial charge in [-0.2, -0.15) is 0 Å². The summed E-state index contributed by atoms with van der Waals surface area (Å²) in [6.45, 7) is 1.10. The van der Waals surface area contributed by atoms with Crippen molar-refractivity contribution in [3.63, 3.8) is 0 Å². The van der Waals surface area contributed by atoms with Gasteiger partial charge in [-0.1, -0.05) is 6.07 Å². The second kappa shape index (κ2) is 6.31. The van der Waals surface area contributed by atoms with Crippen molar-refractivity contribution >= 4 is 5.91 Å². The van der Waals surface area contributed by atoms with Crippen LogP contribution in [0.1, 0.15) is 47.5 Å². The van der Waals surface area contributed by atoms with Crippen molar-refractivity contribution in [3.05, 3.63) is 53.9 Å². The highest BCUT2D eigenvalue weighted by Crippen LogP contribution is 2.44. The Kier molecular flexibility index (Phi) is 3.80. The average Bonchev–Trinajstić information content (AvgIpc) is 2.97. The summed E-state index contributed by atoms with van der Waals surface area (Å²) in [6, 6.07) is 10.4. The summed E-state index contributed by atoms with van der Waals surface area (Å²) < 4.78 is 11.2. The van der Waals surface area contributed by atoms with E-state index < -0.39 is 0 Å². The van der Waals surface area contributed by atoms with Gasteiger partial charge in [-0.05, 0) is 61.4 Å². The Morgan fingerprint density at radius 2 is 1.81 bits per heavy atom. The van der Waals surface area contributed by atoms with Crippen LogP contribution in [0.25, 0.3) is 0 Å². The van der Waals surface area contributed by atoms with Gasteiger partial charge in [0.2, 0.25) is 0 Å². The Morgan fingerprint density at radius 3 is 2.54 bits per heavy atom. The van der Waals surface area contributed by atoms with Gasteiger partial charge in [0.25, 0.3) is 5.91 Å². The molecule has 1 unspecified atom stereocenters. The van der Waals surface area contributed by atoms with E-state index in [-0.39, 0.29) is 5.91 Å². The maximum Gasteiger partial charge on any atom is 0.254 e. The molecule has 2 fully saturated rings. The molecule has 0 spiro atoms. The smallest absolute Gasteiger partial charge is 0.254 e. The maximum atomic E-state index is 13.2. The third-order valence-corrected chi connectivity index (χ3v) is 5.91. The first-order chi connectivity index (χ1) is 12.8. The monoisotopic (exact) mass is 350 g/mol. The van der Waals surface area contributed by atoms with E-state index in [1.165, 1.54) is 5.56 Å². The van der Waals surface area contributed by atoms with Gasteiger partial charge in [-0.25, -0.2) is 0 Å². The molecule has 1 aromatic heterocycles. The number of aromatic nitrogens is 1. The van der Waals surface area contributed by atoms with Crippen LogP contribution in [-0.4, -0.2) is 41.1 Å². The zero-order valence-corrected chi connectivity index (χ0v) is 14.6. The molecule has 5 rings (SSSR count). The molecule has 3 atom stereocenters. The molecule has 0 saturated carbocycles. The minimum absolute atomic E-state index is 0.124. The van der Waals surface area contributed by atoms with Crippen LogP contribution in [0, 0.1) is 0 Å². The van der Waals surface area contributed by atoms with Gasteiger partial charge >= 0.3 is 0 Å². The van der Waals surface area contributed by atoms with Crippen LogP contribution >= 0.6 is 0 Å². The number of carbonyl (C=O) groups is 1. The number of fused-ring (bicyclic) bond motifs is 3. The topological polar surface area (TPSA) is 51.7 Å². The third kappa shape index (κ3) is 2.62. The predicted octanol–water partition coefficient (Wildman–Crippen LogP) is 3.40. The fourth-order valence-electron chi connectivity index (χ4n) is 4.72. The quantitative estimate of drug-likeness (QED) is 0.833. The summed E-state index contributed by atoms with van der Waals surface area (Å²) in [4.78, 5) is 19.6. The number of hydrogen-bond acceptors (Lipinski definition) is 4. The van der Waals surface area contributed by atoms with Crippen LogP contribution in [0.4, 0.5) is 0 Å². The highest BCUT2D eigenvalue weighted by molar-refractivity contribution is 5.95. The van der Waals surface area contributed by atoms with Crippen LogP contribution in [0.2, 0.25) is 0 Å². The van der Waals surface area contributed by atoms with Crippen LogP contribution in [0.15, 0.2) is 42.7 Å². The van der Waals surface area contributed by atoms with Crippen molar-refractivity contribution < 1.29 is 14.3 Å². The van der Waals surface area contributed by atoms with Crippen LogP contribution in [-0.2, 0) is 0 Å². The minimum atomic E-state index is 0.124. The highest BCUT2D eigenvalue weighted by atomic mass is 16.6. The van der Waals surface area contributed by atoms with E-state index in [0.29, 0.717) is 42.5 Å². The number of amides is 1. The van der Waals surface area contributed by atoms with Gasteiger partial charge in [0.15, 0.2) is 11.5 Å². The van der Waals surface area contributed by atoms with Crippen molar-refractivity contribution in [1.29, 1.82) is 0 Å². The number of ether oxygens (including phenoxy) is 2. The van der Waals surface area contributed by atoms with Crippen LogP contribution in [0.3, 0.4) is 0 Å². The lowest BCUT2D eigenvalue weighted by Gasteiger charge is -2.39. The first-order valence-corrected chi connectivity index (χ1v) is 9.42. The number of nitrogens with zero attached hydrogens (tertiary/aromatic N) is 2. The molecule has 0 N–H and O–H groups in total. The molecule has 2 aromatic rings. The summed E-state index contributed by atoms with van der Waals surface area (Å²) in [6.07, 6.45) is 8.04. The molecule has 4 heterocycles. The van der Waals surface area contributed by atoms with Gasteiger partial charge in [-0.3, -0.25) is 9.78 Å². The van der Waals surface area contributed by atoms with Crippen molar-refractivity contribution in [3.8, 4) is 11.5 Å². The van der Waals surface area contributed by atoms with Crippen LogP contribution in [0.5, 0.6) is 11.5 Å². The van der Waals surface area contributed by atoms with E-state index in [0.717, 1.165) is 31.4 Å². The summed E-state index contributed by atoms with van der Waals surface area (Å²) in [5.41, 5.74) is 2.00. The summed E-state index contributed by atoms with van der Waals surface area (Å²) >= 11 is 0. The summed E-state index contributed by atoms with van der Waals surface area (Å²) in [7, 11) is 0. The lowest BCUT2D eigenvalue weighted by atomic mass is 9.85. The van der Waals surface area contributed by atoms with E-state index in [1.807, 2.05) is 36.7 Å². The fraction of sp³-hybridized carbons (Fsp3) is 0.429. The Balaban J connectivity index is 1.37. The Morgan fingerprint density at radius 1 is 1.04 bits per heavy atom. The van der Waals surface area contributed by atoms with Crippen molar-refractivity contribution in [2.24, 2.45) is 0 Å². The number of benzene rings is 1. The molecule has 0 radical (unpaired) electrons. The second-order valence-corrected chi connectivity index (χ2v) is 7.41. The van der Waals surface area contributed by atoms with Gasteiger partial charge in [0.05, 0.1) is 0 Å². The standard InChI is InChI=1S/C21H22N2O3/c24-21(14-3-6-19-20(12-14)26-9-8-25-19)23-17-4-5-18(23)11-16(10-17)15-2-1-7-22-13-15/h1-3,6-7,12-13,16-18H,4-5,8-11H2/t16?,17-,18+. The van der Waals surface area contributed by atoms with E-state index in [4.69, 9.17) is 9.47 Å². The molecule has 1 amide bonds. The number of piperidine rings is 1. The first-order valence-electron chi connectivity index (χ1n) is 9.42.